The Balaban J connectivity index is 1.44. The minimum Gasteiger partial charge on any atom is -0.493 e. The van der Waals surface area contributed by atoms with Gasteiger partial charge >= 0.3 is 0 Å². The smallest absolute Gasteiger partial charge is 0.171 e. The number of hydrogen-bond acceptors (Lipinski definition) is 5. The molecule has 0 saturated carbocycles. The summed E-state index contributed by atoms with van der Waals surface area (Å²) in [5, 5.41) is 4.15. The first-order chi connectivity index (χ1) is 12.2. The molecule has 0 aromatic heterocycles. The van der Waals surface area contributed by atoms with Crippen LogP contribution in [-0.2, 0) is 15.9 Å². The van der Waals surface area contributed by atoms with Gasteiger partial charge in [0.1, 0.15) is 0 Å². The van der Waals surface area contributed by atoms with Gasteiger partial charge < -0.3 is 29.2 Å². The topological polar surface area (TPSA) is 52.2 Å². The molecule has 1 aromatic rings. The number of nitrogens with one attached hydrogen (secondary N) is 1. The lowest BCUT2D eigenvalue weighted by molar-refractivity contribution is -0.180. The van der Waals surface area contributed by atoms with E-state index in [2.05, 4.69) is 10.2 Å². The highest BCUT2D eigenvalue weighted by atomic mass is 32.1. The Bertz CT molecular complexity index is 595. The predicted molar refractivity (Wildman–Crippen MR) is 99.3 cm³/mol. The van der Waals surface area contributed by atoms with E-state index >= 15 is 0 Å². The van der Waals surface area contributed by atoms with Gasteiger partial charge in [-0.2, -0.15) is 0 Å². The predicted octanol–water partition coefficient (Wildman–Crippen LogP) is 1.96. The summed E-state index contributed by atoms with van der Waals surface area (Å²) < 4.78 is 22.1. The number of methoxy groups -OCH3 is 2. The van der Waals surface area contributed by atoms with Gasteiger partial charge in [0.05, 0.1) is 27.4 Å². The zero-order valence-electron chi connectivity index (χ0n) is 14.9. The van der Waals surface area contributed by atoms with Crippen LogP contribution in [0.2, 0.25) is 0 Å². The maximum atomic E-state index is 5.75. The molecular formula is C18H26N2O4S. The summed E-state index contributed by atoms with van der Waals surface area (Å²) in [5.41, 5.74) is 1.18. The third kappa shape index (κ3) is 4.34. The number of ether oxygens (including phenoxy) is 4. The minimum atomic E-state index is -0.355. The number of nitrogens with zero attached hydrogens (tertiary/aromatic N) is 1. The Morgan fingerprint density at radius 1 is 1.16 bits per heavy atom. The molecule has 0 bridgehead atoms. The molecule has 1 spiro atoms. The van der Waals surface area contributed by atoms with E-state index in [9.17, 15) is 0 Å². The largest absolute Gasteiger partial charge is 0.493 e. The van der Waals surface area contributed by atoms with Crippen LogP contribution in [0.15, 0.2) is 18.2 Å². The van der Waals surface area contributed by atoms with Crippen molar-refractivity contribution in [2.24, 2.45) is 0 Å². The van der Waals surface area contributed by atoms with Crippen LogP contribution in [0.25, 0.3) is 0 Å². The summed E-state index contributed by atoms with van der Waals surface area (Å²) in [4.78, 5) is 2.19. The van der Waals surface area contributed by atoms with Gasteiger partial charge in [0, 0.05) is 32.5 Å². The third-order valence-corrected chi connectivity index (χ3v) is 5.17. The Kier molecular flexibility index (Phi) is 5.98. The van der Waals surface area contributed by atoms with Gasteiger partial charge in [-0.15, -0.1) is 0 Å². The van der Waals surface area contributed by atoms with Crippen molar-refractivity contribution in [3.63, 3.8) is 0 Å². The van der Waals surface area contributed by atoms with Gasteiger partial charge in [-0.25, -0.2) is 0 Å². The molecule has 2 aliphatic rings. The molecule has 1 aromatic carbocycles. The number of thiocarbonyl (C=S) groups is 1. The fourth-order valence-corrected chi connectivity index (χ4v) is 3.58. The minimum absolute atomic E-state index is 0.355. The molecule has 0 atom stereocenters. The van der Waals surface area contributed by atoms with E-state index in [0.717, 1.165) is 55.5 Å². The van der Waals surface area contributed by atoms with Gasteiger partial charge in [-0.05, 0) is 36.3 Å². The number of piperidine rings is 1. The highest BCUT2D eigenvalue weighted by Gasteiger charge is 2.40. The van der Waals surface area contributed by atoms with Crippen LogP contribution in [0.5, 0.6) is 11.5 Å². The summed E-state index contributed by atoms with van der Waals surface area (Å²) in [7, 11) is 3.29. The second-order valence-corrected chi connectivity index (χ2v) is 6.65. The van der Waals surface area contributed by atoms with Crippen LogP contribution in [0, 0.1) is 0 Å². The monoisotopic (exact) mass is 366 g/mol. The molecule has 0 aliphatic carbocycles. The van der Waals surface area contributed by atoms with E-state index in [0.29, 0.717) is 13.2 Å². The average molecular weight is 366 g/mol. The first-order valence-corrected chi connectivity index (χ1v) is 9.08. The molecular weight excluding hydrogens is 340 g/mol. The van der Waals surface area contributed by atoms with E-state index < -0.39 is 0 Å². The lowest BCUT2D eigenvalue weighted by atomic mass is 10.0. The fourth-order valence-electron chi connectivity index (χ4n) is 3.30. The Labute approximate surface area is 154 Å². The van der Waals surface area contributed by atoms with Crippen LogP contribution in [0.4, 0.5) is 0 Å². The summed E-state index contributed by atoms with van der Waals surface area (Å²) in [5.74, 6) is 1.14. The molecule has 1 N–H and O–H groups in total. The summed E-state index contributed by atoms with van der Waals surface area (Å²) in [6.07, 6.45) is 2.60. The molecule has 3 rings (SSSR count). The van der Waals surface area contributed by atoms with E-state index in [-0.39, 0.29) is 5.79 Å². The zero-order valence-corrected chi connectivity index (χ0v) is 15.7. The molecule has 0 unspecified atom stereocenters. The second kappa shape index (κ2) is 8.21. The first-order valence-electron chi connectivity index (χ1n) is 8.67. The molecule has 0 amide bonds. The molecule has 2 heterocycles. The lowest BCUT2D eigenvalue weighted by Crippen LogP contribution is -2.50. The Hall–Kier alpha value is -1.57. The van der Waals surface area contributed by atoms with Crippen molar-refractivity contribution in [1.29, 1.82) is 0 Å². The molecule has 6 nitrogen and oxygen atoms in total. The number of benzene rings is 1. The SMILES string of the molecule is COc1ccc(CCNC(=S)N2CCC3(CC2)OCCO3)cc1OC. The van der Waals surface area contributed by atoms with E-state index in [1.54, 1.807) is 14.2 Å². The number of rotatable bonds is 5. The number of hydrogen-bond donors (Lipinski definition) is 1. The molecule has 138 valence electrons. The molecule has 2 saturated heterocycles. The number of likely N-dealkylation sites (tertiary alicyclic amines) is 1. The van der Waals surface area contributed by atoms with Crippen LogP contribution in [-0.4, -0.2) is 62.9 Å². The van der Waals surface area contributed by atoms with Crippen molar-refractivity contribution in [3.05, 3.63) is 23.8 Å². The van der Waals surface area contributed by atoms with Crippen molar-refractivity contribution in [2.75, 3.05) is 47.1 Å². The molecule has 0 radical (unpaired) electrons. The maximum Gasteiger partial charge on any atom is 0.171 e. The summed E-state index contributed by atoms with van der Waals surface area (Å²) >= 11 is 5.53. The highest BCUT2D eigenvalue weighted by molar-refractivity contribution is 7.80. The Morgan fingerprint density at radius 3 is 2.48 bits per heavy atom. The maximum absolute atomic E-state index is 5.75. The summed E-state index contributed by atoms with van der Waals surface area (Å²) in [6.45, 7) is 3.91. The van der Waals surface area contributed by atoms with Gasteiger partial charge in [0.25, 0.3) is 0 Å². The Morgan fingerprint density at radius 2 is 1.84 bits per heavy atom. The van der Waals surface area contributed by atoms with Crippen molar-refractivity contribution in [1.82, 2.24) is 10.2 Å². The van der Waals surface area contributed by atoms with Crippen LogP contribution in [0.3, 0.4) is 0 Å². The van der Waals surface area contributed by atoms with Gasteiger partial charge in [0.2, 0.25) is 0 Å². The van der Waals surface area contributed by atoms with Crippen LogP contribution >= 0.6 is 12.2 Å². The van der Waals surface area contributed by atoms with Gasteiger partial charge in [-0.1, -0.05) is 6.07 Å². The van der Waals surface area contributed by atoms with Crippen molar-refractivity contribution >= 4 is 17.3 Å². The van der Waals surface area contributed by atoms with Gasteiger partial charge in [-0.3, -0.25) is 0 Å². The van der Waals surface area contributed by atoms with Crippen LogP contribution in [0.1, 0.15) is 18.4 Å². The molecule has 2 aliphatic heterocycles. The first kappa shape index (κ1) is 18.2. The van der Waals surface area contributed by atoms with Crippen molar-refractivity contribution in [2.45, 2.75) is 25.0 Å². The molecule has 25 heavy (non-hydrogen) atoms. The van der Waals surface area contributed by atoms with E-state index in [1.165, 1.54) is 5.56 Å². The third-order valence-electron chi connectivity index (χ3n) is 4.76. The normalized spacial score (nSPS) is 19.0. The molecule has 2 fully saturated rings. The van der Waals surface area contributed by atoms with Crippen molar-refractivity contribution < 1.29 is 18.9 Å². The average Bonchev–Trinajstić information content (AvgIpc) is 3.10. The van der Waals surface area contributed by atoms with E-state index in [1.807, 2.05) is 18.2 Å². The van der Waals surface area contributed by atoms with Crippen molar-refractivity contribution in [3.8, 4) is 11.5 Å². The molecule has 7 heteroatoms. The second-order valence-electron chi connectivity index (χ2n) is 6.27. The van der Waals surface area contributed by atoms with E-state index in [4.69, 9.17) is 31.2 Å². The quantitative estimate of drug-likeness (QED) is 0.800. The summed E-state index contributed by atoms with van der Waals surface area (Å²) in [6, 6.07) is 5.98. The zero-order chi connectivity index (χ0) is 17.7. The van der Waals surface area contributed by atoms with Crippen LogP contribution < -0.4 is 14.8 Å². The standard InChI is InChI=1S/C18H26N2O4S/c1-21-15-4-3-14(13-16(15)22-2)5-8-19-17(25)20-9-6-18(7-10-20)23-11-12-24-18/h3-4,13H,5-12H2,1-2H3,(H,19,25). The lowest BCUT2D eigenvalue weighted by Gasteiger charge is -2.38. The fraction of sp³-hybridized carbons (Fsp3) is 0.611. The highest BCUT2D eigenvalue weighted by Crippen LogP contribution is 2.31. The van der Waals surface area contributed by atoms with Gasteiger partial charge in [0.15, 0.2) is 22.4 Å².